The second-order valence-electron chi connectivity index (χ2n) is 2.35. The molecule has 0 aliphatic heterocycles. The molecule has 1 N–H and O–H groups in total. The molecule has 0 radical (unpaired) electrons. The molecular weight excluding hydrogens is 319 g/mol. The molecule has 1 rings (SSSR count). The van der Waals surface area contributed by atoms with Crippen LogP contribution in [0.2, 0.25) is 0 Å². The first-order chi connectivity index (χ1) is 5.15. The van der Waals surface area contributed by atoms with Gasteiger partial charge in [0.1, 0.15) is 0 Å². The van der Waals surface area contributed by atoms with Crippen LogP contribution in [0.3, 0.4) is 0 Å². The van der Waals surface area contributed by atoms with Crippen molar-refractivity contribution in [1.29, 1.82) is 0 Å². The van der Waals surface area contributed by atoms with Gasteiger partial charge in [0.15, 0.2) is 0 Å². The van der Waals surface area contributed by atoms with E-state index in [0.717, 1.165) is 13.6 Å². The van der Waals surface area contributed by atoms with Gasteiger partial charge >= 0.3 is 0 Å². The number of hydrogen-bond donors (Lipinski definition) is 1. The average molecular weight is 327 g/mol. The quantitative estimate of drug-likeness (QED) is 0.787. The molecule has 11 heavy (non-hydrogen) atoms. The SMILES string of the molecule is Cc1cc(Br)cc(CO)c1I. The minimum atomic E-state index is 0.110. The van der Waals surface area contributed by atoms with Gasteiger partial charge in [-0.1, -0.05) is 15.9 Å². The van der Waals surface area contributed by atoms with Crippen LogP contribution >= 0.6 is 38.5 Å². The fraction of sp³-hybridized carbons (Fsp3) is 0.250. The zero-order valence-electron chi connectivity index (χ0n) is 6.06. The minimum absolute atomic E-state index is 0.110. The third kappa shape index (κ3) is 2.16. The molecule has 0 bridgehead atoms. The fourth-order valence-electron chi connectivity index (χ4n) is 0.910. The van der Waals surface area contributed by atoms with Crippen molar-refractivity contribution in [3.05, 3.63) is 31.3 Å². The van der Waals surface area contributed by atoms with Crippen molar-refractivity contribution in [3.8, 4) is 0 Å². The molecule has 0 unspecified atom stereocenters. The summed E-state index contributed by atoms with van der Waals surface area (Å²) < 4.78 is 2.17. The number of benzene rings is 1. The highest BCUT2D eigenvalue weighted by atomic mass is 127. The standard InChI is InChI=1S/C8H8BrIO/c1-5-2-7(9)3-6(4-11)8(5)10/h2-3,11H,4H2,1H3. The lowest BCUT2D eigenvalue weighted by molar-refractivity contribution is 0.281. The summed E-state index contributed by atoms with van der Waals surface area (Å²) in [5.41, 5.74) is 2.18. The van der Waals surface area contributed by atoms with Crippen molar-refractivity contribution in [2.45, 2.75) is 13.5 Å². The van der Waals surface area contributed by atoms with E-state index in [4.69, 9.17) is 5.11 Å². The highest BCUT2D eigenvalue weighted by molar-refractivity contribution is 14.1. The average Bonchev–Trinajstić information content (AvgIpc) is 1.96. The number of aryl methyl sites for hydroxylation is 1. The van der Waals surface area contributed by atoms with E-state index < -0.39 is 0 Å². The Morgan fingerprint density at radius 3 is 2.73 bits per heavy atom. The highest BCUT2D eigenvalue weighted by Crippen LogP contribution is 2.22. The maximum Gasteiger partial charge on any atom is 0.0692 e. The molecule has 0 saturated carbocycles. The van der Waals surface area contributed by atoms with E-state index in [1.165, 1.54) is 5.56 Å². The molecule has 0 atom stereocenters. The smallest absolute Gasteiger partial charge is 0.0692 e. The minimum Gasteiger partial charge on any atom is -0.392 e. The summed E-state index contributed by atoms with van der Waals surface area (Å²) in [4.78, 5) is 0. The monoisotopic (exact) mass is 326 g/mol. The molecule has 1 aromatic carbocycles. The Balaban J connectivity index is 3.24. The van der Waals surface area contributed by atoms with Crippen LogP contribution in [0.15, 0.2) is 16.6 Å². The summed E-state index contributed by atoms with van der Waals surface area (Å²) in [6.45, 7) is 2.14. The fourth-order valence-corrected chi connectivity index (χ4v) is 2.01. The van der Waals surface area contributed by atoms with Gasteiger partial charge in [-0.05, 0) is 52.8 Å². The van der Waals surface area contributed by atoms with Gasteiger partial charge in [0, 0.05) is 8.04 Å². The normalized spacial score (nSPS) is 10.2. The van der Waals surface area contributed by atoms with Crippen LogP contribution in [0.4, 0.5) is 0 Å². The number of aliphatic hydroxyl groups is 1. The lowest BCUT2D eigenvalue weighted by atomic mass is 10.1. The van der Waals surface area contributed by atoms with E-state index in [1.807, 2.05) is 19.1 Å². The molecule has 0 aliphatic carbocycles. The van der Waals surface area contributed by atoms with Crippen LogP contribution in [-0.2, 0) is 6.61 Å². The molecule has 1 aromatic rings. The molecule has 0 fully saturated rings. The van der Waals surface area contributed by atoms with E-state index in [0.29, 0.717) is 0 Å². The summed E-state index contributed by atoms with van der Waals surface area (Å²) in [6, 6.07) is 3.98. The Labute approximate surface area is 88.1 Å². The van der Waals surface area contributed by atoms with Gasteiger partial charge in [-0.3, -0.25) is 0 Å². The highest BCUT2D eigenvalue weighted by Gasteiger charge is 2.02. The summed E-state index contributed by atoms with van der Waals surface area (Å²) in [5, 5.41) is 8.94. The maximum atomic E-state index is 8.94. The van der Waals surface area contributed by atoms with Crippen molar-refractivity contribution < 1.29 is 5.11 Å². The van der Waals surface area contributed by atoms with Crippen molar-refractivity contribution in [3.63, 3.8) is 0 Å². The summed E-state index contributed by atoms with van der Waals surface area (Å²) in [6.07, 6.45) is 0. The number of hydrogen-bond acceptors (Lipinski definition) is 1. The van der Waals surface area contributed by atoms with Crippen molar-refractivity contribution in [2.24, 2.45) is 0 Å². The maximum absolute atomic E-state index is 8.94. The van der Waals surface area contributed by atoms with Crippen LogP contribution in [0.5, 0.6) is 0 Å². The lowest BCUT2D eigenvalue weighted by Gasteiger charge is -2.04. The number of aliphatic hydroxyl groups excluding tert-OH is 1. The largest absolute Gasteiger partial charge is 0.392 e. The van der Waals surface area contributed by atoms with Gasteiger partial charge in [0.25, 0.3) is 0 Å². The third-order valence-electron chi connectivity index (χ3n) is 1.46. The number of rotatable bonds is 1. The Bertz CT molecular complexity index is 273. The van der Waals surface area contributed by atoms with Gasteiger partial charge in [-0.25, -0.2) is 0 Å². The van der Waals surface area contributed by atoms with Crippen LogP contribution < -0.4 is 0 Å². The Kier molecular flexibility index (Phi) is 3.33. The zero-order valence-corrected chi connectivity index (χ0v) is 9.81. The van der Waals surface area contributed by atoms with E-state index in [1.54, 1.807) is 0 Å². The second kappa shape index (κ2) is 3.87. The first kappa shape index (κ1) is 9.48. The first-order valence-electron chi connectivity index (χ1n) is 3.20. The van der Waals surface area contributed by atoms with Crippen molar-refractivity contribution >= 4 is 38.5 Å². The Hall–Kier alpha value is 0.390. The van der Waals surface area contributed by atoms with Crippen molar-refractivity contribution in [2.75, 3.05) is 0 Å². The first-order valence-corrected chi connectivity index (χ1v) is 5.07. The molecule has 60 valence electrons. The van der Waals surface area contributed by atoms with E-state index in [9.17, 15) is 0 Å². The van der Waals surface area contributed by atoms with Gasteiger partial charge in [-0.2, -0.15) is 0 Å². The third-order valence-corrected chi connectivity index (χ3v) is 3.47. The molecule has 0 amide bonds. The summed E-state index contributed by atoms with van der Waals surface area (Å²) in [5.74, 6) is 0. The second-order valence-corrected chi connectivity index (χ2v) is 4.35. The van der Waals surface area contributed by atoms with Crippen LogP contribution in [0.25, 0.3) is 0 Å². The molecule has 0 spiro atoms. The van der Waals surface area contributed by atoms with Gasteiger partial charge in [0.2, 0.25) is 0 Å². The summed E-state index contributed by atoms with van der Waals surface area (Å²) in [7, 11) is 0. The Morgan fingerprint density at radius 2 is 2.18 bits per heavy atom. The molecule has 1 nitrogen and oxygen atoms in total. The molecular formula is C8H8BrIO. The lowest BCUT2D eigenvalue weighted by Crippen LogP contribution is -1.91. The van der Waals surface area contributed by atoms with Crippen LogP contribution in [0, 0.1) is 10.5 Å². The topological polar surface area (TPSA) is 20.2 Å². The van der Waals surface area contributed by atoms with E-state index in [2.05, 4.69) is 38.5 Å². The predicted octanol–water partition coefficient (Wildman–Crippen LogP) is 2.85. The molecule has 0 aromatic heterocycles. The van der Waals surface area contributed by atoms with Gasteiger partial charge in [-0.15, -0.1) is 0 Å². The Morgan fingerprint density at radius 1 is 1.55 bits per heavy atom. The van der Waals surface area contributed by atoms with Crippen LogP contribution in [0.1, 0.15) is 11.1 Å². The van der Waals surface area contributed by atoms with Crippen LogP contribution in [-0.4, -0.2) is 5.11 Å². The molecule has 0 aliphatic rings. The summed E-state index contributed by atoms with van der Waals surface area (Å²) >= 11 is 5.61. The molecule has 0 saturated heterocycles. The predicted molar refractivity (Wildman–Crippen MR) is 57.5 cm³/mol. The molecule has 0 heterocycles. The van der Waals surface area contributed by atoms with Gasteiger partial charge in [0.05, 0.1) is 6.61 Å². The molecule has 3 heteroatoms. The van der Waals surface area contributed by atoms with E-state index >= 15 is 0 Å². The van der Waals surface area contributed by atoms with Crippen molar-refractivity contribution in [1.82, 2.24) is 0 Å². The van der Waals surface area contributed by atoms with Gasteiger partial charge < -0.3 is 5.11 Å². The zero-order chi connectivity index (χ0) is 8.43. The van der Waals surface area contributed by atoms with E-state index in [-0.39, 0.29) is 6.61 Å². The number of halogens is 2.